The van der Waals surface area contributed by atoms with E-state index in [-0.39, 0.29) is 61.7 Å². The van der Waals surface area contributed by atoms with E-state index >= 15 is 4.39 Å². The molecule has 3 aliphatic heterocycles. The number of aliphatic hydroxyl groups is 1. The molecular formula is C65H75FN12O8S3. The molecule has 0 spiro atoms. The summed E-state index contributed by atoms with van der Waals surface area (Å²) in [5, 5.41) is 40.4. The number of fused-ring (bicyclic) bond motifs is 2. The Hall–Kier alpha value is -7.95. The number of β-amino-alcohol motifs (C(OH)–C–C–N with tert-alkyl or cyclic N) is 1. The van der Waals surface area contributed by atoms with E-state index in [1.165, 1.54) is 22.3 Å². The summed E-state index contributed by atoms with van der Waals surface area (Å²) in [7, 11) is 0. The van der Waals surface area contributed by atoms with E-state index in [2.05, 4.69) is 57.8 Å². The summed E-state index contributed by atoms with van der Waals surface area (Å²) in [6, 6.07) is 18.6. The van der Waals surface area contributed by atoms with Gasteiger partial charge in [-0.1, -0.05) is 93.2 Å². The number of halogens is 1. The van der Waals surface area contributed by atoms with Gasteiger partial charge in [-0.2, -0.15) is 0 Å². The average molecular weight is 1270 g/mol. The van der Waals surface area contributed by atoms with Crippen molar-refractivity contribution in [1.29, 1.82) is 0 Å². The highest BCUT2D eigenvalue weighted by atomic mass is 32.1. The number of anilines is 4. The van der Waals surface area contributed by atoms with Crippen LogP contribution in [0.1, 0.15) is 122 Å². The zero-order valence-corrected chi connectivity index (χ0v) is 53.2. The van der Waals surface area contributed by atoms with E-state index in [1.807, 2.05) is 98.5 Å². The number of ether oxygens (including phenoxy) is 1. The van der Waals surface area contributed by atoms with Crippen molar-refractivity contribution in [3.05, 3.63) is 117 Å². The second-order valence-corrected chi connectivity index (χ2v) is 26.8. The molecule has 0 aliphatic carbocycles. The standard InChI is InChI=1S/C65H75FN12O8S3/c1-40-46-16-13-29-77(59(46)74-73-58(40)72-63-69-48-17-10-11-18-51(48)88-63)64-71-55(62(84)85)52(89-64)19-14-34-86-50-27-24-42(35-47(50)66)15-12-28-75-30-32-76(33-31-75)54(81)21-9-7-6-8-20-53(80)70-57(65(3,4)5)61(83)78-38-45(79)36-49(78)60(82)67-37-43-22-25-44(26-23-43)56-41(2)68-39-87-56/h10-11,17-18,22-27,35,39,45,49,57,79H,6-9,13-14,16,19-21,28-34,36-38H2,1-5H3,(H,67,82)(H,70,80)(H,84,85)(H,69,72,73)/t45-,49+,57?/m1/s1. The molecule has 3 aliphatic rings. The number of carboxylic acid groups (broad SMARTS) is 1. The number of nitrogens with one attached hydrogen (secondary N) is 3. The second kappa shape index (κ2) is 29.1. The number of unbranched alkanes of at least 4 members (excludes halogenated alkanes) is 3. The summed E-state index contributed by atoms with van der Waals surface area (Å²) in [6.07, 6.45) is 5.05. The van der Waals surface area contributed by atoms with E-state index in [0.717, 1.165) is 73.9 Å². The molecule has 2 saturated heterocycles. The number of carbonyl (C=O) groups excluding carboxylic acids is 4. The number of amides is 4. The van der Waals surface area contributed by atoms with Gasteiger partial charge in [-0.3, -0.25) is 24.1 Å². The summed E-state index contributed by atoms with van der Waals surface area (Å²) >= 11 is 4.41. The highest BCUT2D eigenvalue weighted by Crippen LogP contribution is 2.40. The van der Waals surface area contributed by atoms with Crippen molar-refractivity contribution in [3.63, 3.8) is 0 Å². The first-order valence-electron chi connectivity index (χ1n) is 30.3. The molecule has 3 atom stereocenters. The molecule has 7 aromatic rings. The Balaban J connectivity index is 0.602. The summed E-state index contributed by atoms with van der Waals surface area (Å²) in [6.45, 7) is 13.5. The fourth-order valence-electron chi connectivity index (χ4n) is 11.3. The molecule has 89 heavy (non-hydrogen) atoms. The van der Waals surface area contributed by atoms with Crippen LogP contribution in [-0.2, 0) is 38.6 Å². The number of aliphatic hydroxyl groups excluding tert-OH is 1. The summed E-state index contributed by atoms with van der Waals surface area (Å²) in [5.74, 6) is 4.92. The minimum absolute atomic E-state index is 0.00519. The van der Waals surface area contributed by atoms with Gasteiger partial charge in [0.1, 0.15) is 12.1 Å². The molecule has 0 radical (unpaired) electrons. The highest BCUT2D eigenvalue weighted by molar-refractivity contribution is 7.22. The number of aromatic nitrogens is 5. The number of thiazole rings is 3. The minimum Gasteiger partial charge on any atom is -0.491 e. The van der Waals surface area contributed by atoms with Crippen LogP contribution in [0.5, 0.6) is 5.75 Å². The molecule has 2 fully saturated rings. The zero-order valence-electron chi connectivity index (χ0n) is 50.8. The average Bonchev–Trinajstić information content (AvgIpc) is 2.09. The highest BCUT2D eigenvalue weighted by Gasteiger charge is 2.44. The molecule has 4 aromatic heterocycles. The predicted molar refractivity (Wildman–Crippen MR) is 344 cm³/mol. The fraction of sp³-hybridized carbons (Fsp3) is 0.446. The fourth-order valence-corrected chi connectivity index (χ4v) is 14.1. The molecular weight excluding hydrogens is 1190 g/mol. The number of piperazine rings is 1. The predicted octanol–water partition coefficient (Wildman–Crippen LogP) is 9.61. The van der Waals surface area contributed by atoms with E-state index < -0.39 is 41.3 Å². The van der Waals surface area contributed by atoms with Crippen LogP contribution >= 0.6 is 34.0 Å². The van der Waals surface area contributed by atoms with Crippen molar-refractivity contribution in [3.8, 4) is 28.0 Å². The van der Waals surface area contributed by atoms with Gasteiger partial charge in [0.2, 0.25) is 23.6 Å². The Kier molecular flexibility index (Phi) is 21.0. The molecule has 7 heterocycles. The van der Waals surface area contributed by atoms with Crippen molar-refractivity contribution in [2.24, 2.45) is 5.41 Å². The monoisotopic (exact) mass is 1270 g/mol. The van der Waals surface area contributed by atoms with Gasteiger partial charge in [0.15, 0.2) is 39.2 Å². The van der Waals surface area contributed by atoms with Gasteiger partial charge in [-0.15, -0.1) is 32.9 Å². The van der Waals surface area contributed by atoms with E-state index in [0.29, 0.717) is 98.6 Å². The molecule has 468 valence electrons. The summed E-state index contributed by atoms with van der Waals surface area (Å²) < 4.78 is 22.1. The van der Waals surface area contributed by atoms with Gasteiger partial charge in [0.25, 0.3) is 0 Å². The summed E-state index contributed by atoms with van der Waals surface area (Å²) in [4.78, 5) is 89.0. The van der Waals surface area contributed by atoms with Crippen LogP contribution in [0.15, 0.2) is 72.2 Å². The molecule has 3 aromatic carbocycles. The Bertz CT molecular complexity index is 3720. The molecule has 0 bridgehead atoms. The number of aromatic carboxylic acids is 1. The first kappa shape index (κ1) is 64.0. The van der Waals surface area contributed by atoms with E-state index in [1.54, 1.807) is 34.8 Å². The minimum atomic E-state index is -1.13. The normalized spacial score (nSPS) is 16.4. The van der Waals surface area contributed by atoms with Crippen molar-refractivity contribution < 1.29 is 43.3 Å². The van der Waals surface area contributed by atoms with Gasteiger partial charge in [0.05, 0.1) is 45.6 Å². The van der Waals surface area contributed by atoms with Crippen LogP contribution in [0, 0.1) is 36.9 Å². The van der Waals surface area contributed by atoms with Gasteiger partial charge in [-0.05, 0) is 99.2 Å². The lowest BCUT2D eigenvalue weighted by Gasteiger charge is -2.35. The van der Waals surface area contributed by atoms with Crippen LogP contribution in [0.2, 0.25) is 0 Å². The molecule has 10 rings (SSSR count). The topological polar surface area (TPSA) is 249 Å². The third-order valence-electron chi connectivity index (χ3n) is 16.3. The molecule has 0 saturated carbocycles. The number of likely N-dealkylation sites (tertiary alicyclic amines) is 1. The van der Waals surface area contributed by atoms with Crippen LogP contribution in [-0.4, -0.2) is 150 Å². The summed E-state index contributed by atoms with van der Waals surface area (Å²) in [5.41, 5.74) is 7.39. The van der Waals surface area contributed by atoms with Crippen molar-refractivity contribution in [2.75, 3.05) is 62.6 Å². The molecule has 20 nitrogen and oxygen atoms in total. The van der Waals surface area contributed by atoms with Crippen LogP contribution in [0.25, 0.3) is 20.7 Å². The van der Waals surface area contributed by atoms with Crippen molar-refractivity contribution >= 4 is 95.7 Å². The third-order valence-corrected chi connectivity index (χ3v) is 19.3. The molecule has 4 amide bonds. The quantitative estimate of drug-likeness (QED) is 0.0295. The first-order valence-corrected chi connectivity index (χ1v) is 32.8. The van der Waals surface area contributed by atoms with E-state index in [4.69, 9.17) is 4.74 Å². The third kappa shape index (κ3) is 16.1. The van der Waals surface area contributed by atoms with Crippen molar-refractivity contribution in [1.82, 2.24) is 50.5 Å². The van der Waals surface area contributed by atoms with Crippen molar-refractivity contribution in [2.45, 2.75) is 130 Å². The van der Waals surface area contributed by atoms with Crippen LogP contribution in [0.3, 0.4) is 0 Å². The van der Waals surface area contributed by atoms with Gasteiger partial charge in [-0.25, -0.2) is 24.1 Å². The number of para-hydroxylation sites is 1. The van der Waals surface area contributed by atoms with Crippen LogP contribution in [0.4, 0.5) is 26.3 Å². The Labute approximate surface area is 529 Å². The number of carbonyl (C=O) groups is 5. The maximum atomic E-state index is 15.3. The first-order chi connectivity index (χ1) is 42.9. The number of rotatable bonds is 23. The molecule has 24 heteroatoms. The maximum absolute atomic E-state index is 15.3. The zero-order chi connectivity index (χ0) is 62.8. The number of hydrogen-bond acceptors (Lipinski definition) is 18. The number of benzene rings is 3. The van der Waals surface area contributed by atoms with Gasteiger partial charge < -0.3 is 45.6 Å². The lowest BCUT2D eigenvalue weighted by atomic mass is 9.85. The molecule has 5 N–H and O–H groups in total. The Morgan fingerprint density at radius 1 is 0.899 bits per heavy atom. The largest absolute Gasteiger partial charge is 0.491 e. The number of aryl methyl sites for hydroxylation is 2. The Morgan fingerprint density at radius 3 is 2.40 bits per heavy atom. The molecule has 1 unspecified atom stereocenters. The number of carboxylic acids is 1. The van der Waals surface area contributed by atoms with Crippen LogP contribution < -0.4 is 25.6 Å². The SMILES string of the molecule is Cc1ncsc1-c1ccc(CNC(=O)[C@@H]2C[C@@H](O)CN2C(=O)C(NC(=O)CCCCCCC(=O)N2CCN(CC#Cc3ccc(OCCCc4sc(N5CCCc6c5nnc(Nc5nc7ccccc7s5)c6C)nc4C(=O)O)c(F)c3)CC2)C(C)(C)C)cc1. The lowest BCUT2D eigenvalue weighted by Crippen LogP contribution is -2.57. The second-order valence-electron chi connectivity index (χ2n) is 23.8. The Morgan fingerprint density at radius 2 is 1.67 bits per heavy atom. The smallest absolute Gasteiger partial charge is 0.355 e. The number of nitrogens with zero attached hydrogens (tertiary/aromatic N) is 9. The van der Waals surface area contributed by atoms with Gasteiger partial charge in [0, 0.05) is 86.6 Å². The number of hydrogen-bond donors (Lipinski definition) is 5. The van der Waals surface area contributed by atoms with Gasteiger partial charge >= 0.3 is 5.97 Å². The maximum Gasteiger partial charge on any atom is 0.355 e. The van der Waals surface area contributed by atoms with E-state index in [9.17, 15) is 34.2 Å². The lowest BCUT2D eigenvalue weighted by molar-refractivity contribution is -0.144.